The molecule has 4 heteroatoms. The SMILES string of the molecule is COc1ccc(OCCNCCO)cc1. The molecule has 0 unspecified atom stereocenters. The van der Waals surface area contributed by atoms with E-state index in [9.17, 15) is 0 Å². The van der Waals surface area contributed by atoms with Gasteiger partial charge in [0.2, 0.25) is 0 Å². The predicted molar refractivity (Wildman–Crippen MR) is 58.4 cm³/mol. The Hall–Kier alpha value is -1.26. The molecule has 0 radical (unpaired) electrons. The standard InChI is InChI=1S/C11H17NO3/c1-14-10-2-4-11(5-3-10)15-9-7-12-6-8-13/h2-5,12-13H,6-9H2,1H3. The van der Waals surface area contributed by atoms with Gasteiger partial charge in [0.15, 0.2) is 0 Å². The van der Waals surface area contributed by atoms with Crippen LogP contribution in [0.1, 0.15) is 0 Å². The van der Waals surface area contributed by atoms with Gasteiger partial charge in [0.1, 0.15) is 18.1 Å². The maximum absolute atomic E-state index is 8.52. The van der Waals surface area contributed by atoms with Crippen molar-refractivity contribution in [1.29, 1.82) is 0 Å². The Morgan fingerprint density at radius 3 is 2.40 bits per heavy atom. The van der Waals surface area contributed by atoms with E-state index in [-0.39, 0.29) is 6.61 Å². The van der Waals surface area contributed by atoms with Crippen molar-refractivity contribution in [2.75, 3.05) is 33.4 Å². The Bertz CT molecular complexity index is 261. The maximum atomic E-state index is 8.52. The molecule has 0 aliphatic rings. The van der Waals surface area contributed by atoms with E-state index in [1.54, 1.807) is 7.11 Å². The molecule has 15 heavy (non-hydrogen) atoms. The van der Waals surface area contributed by atoms with E-state index in [1.165, 1.54) is 0 Å². The van der Waals surface area contributed by atoms with Gasteiger partial charge in [-0.25, -0.2) is 0 Å². The van der Waals surface area contributed by atoms with Crippen LogP contribution in [0.25, 0.3) is 0 Å². The number of hydrogen-bond acceptors (Lipinski definition) is 4. The van der Waals surface area contributed by atoms with Crippen LogP contribution >= 0.6 is 0 Å². The summed E-state index contributed by atoms with van der Waals surface area (Å²) in [5, 5.41) is 11.6. The number of aliphatic hydroxyl groups is 1. The lowest BCUT2D eigenvalue weighted by Gasteiger charge is -2.07. The minimum Gasteiger partial charge on any atom is -0.497 e. The highest BCUT2D eigenvalue weighted by molar-refractivity contribution is 5.31. The first-order chi connectivity index (χ1) is 7.36. The van der Waals surface area contributed by atoms with Gasteiger partial charge in [-0.15, -0.1) is 0 Å². The predicted octanol–water partition coefficient (Wildman–Crippen LogP) is 0.656. The first-order valence-electron chi connectivity index (χ1n) is 4.95. The smallest absolute Gasteiger partial charge is 0.119 e. The molecule has 2 N–H and O–H groups in total. The third-order valence-corrected chi connectivity index (χ3v) is 1.90. The molecule has 1 aromatic carbocycles. The highest BCUT2D eigenvalue weighted by Crippen LogP contribution is 2.16. The Kier molecular flexibility index (Phi) is 5.58. The van der Waals surface area contributed by atoms with Crippen molar-refractivity contribution in [3.63, 3.8) is 0 Å². The number of hydrogen-bond donors (Lipinski definition) is 2. The second-order valence-electron chi connectivity index (χ2n) is 3.00. The van der Waals surface area contributed by atoms with Gasteiger partial charge in [0.05, 0.1) is 13.7 Å². The molecule has 0 heterocycles. The summed E-state index contributed by atoms with van der Waals surface area (Å²) in [6.07, 6.45) is 0. The third-order valence-electron chi connectivity index (χ3n) is 1.90. The van der Waals surface area contributed by atoms with Crippen molar-refractivity contribution in [3.8, 4) is 11.5 Å². The van der Waals surface area contributed by atoms with Gasteiger partial charge in [0.25, 0.3) is 0 Å². The van der Waals surface area contributed by atoms with Crippen molar-refractivity contribution in [2.24, 2.45) is 0 Å². The number of aliphatic hydroxyl groups excluding tert-OH is 1. The monoisotopic (exact) mass is 211 g/mol. The quantitative estimate of drug-likeness (QED) is 0.650. The number of nitrogens with one attached hydrogen (secondary N) is 1. The number of ether oxygens (including phenoxy) is 2. The second-order valence-corrected chi connectivity index (χ2v) is 3.00. The summed E-state index contributed by atoms with van der Waals surface area (Å²) in [4.78, 5) is 0. The first-order valence-corrected chi connectivity index (χ1v) is 4.95. The Morgan fingerprint density at radius 1 is 1.13 bits per heavy atom. The number of methoxy groups -OCH3 is 1. The lowest BCUT2D eigenvalue weighted by molar-refractivity contribution is 0.275. The zero-order chi connectivity index (χ0) is 10.9. The molecule has 0 aliphatic carbocycles. The number of benzene rings is 1. The highest BCUT2D eigenvalue weighted by Gasteiger charge is 1.94. The molecule has 1 aromatic rings. The summed E-state index contributed by atoms with van der Waals surface area (Å²) in [6.45, 7) is 2.08. The van der Waals surface area contributed by atoms with E-state index in [0.29, 0.717) is 13.2 Å². The molecule has 0 fully saturated rings. The first kappa shape index (κ1) is 11.8. The summed E-state index contributed by atoms with van der Waals surface area (Å²) in [5.41, 5.74) is 0. The van der Waals surface area contributed by atoms with Crippen molar-refractivity contribution in [3.05, 3.63) is 24.3 Å². The fraction of sp³-hybridized carbons (Fsp3) is 0.455. The van der Waals surface area contributed by atoms with E-state index >= 15 is 0 Å². The Balaban J connectivity index is 2.20. The van der Waals surface area contributed by atoms with E-state index in [0.717, 1.165) is 18.0 Å². The average molecular weight is 211 g/mol. The van der Waals surface area contributed by atoms with Crippen molar-refractivity contribution in [2.45, 2.75) is 0 Å². The van der Waals surface area contributed by atoms with Gasteiger partial charge in [-0.2, -0.15) is 0 Å². The number of rotatable bonds is 7. The zero-order valence-electron chi connectivity index (χ0n) is 8.90. The third kappa shape index (κ3) is 4.67. The van der Waals surface area contributed by atoms with Crippen LogP contribution in [-0.2, 0) is 0 Å². The van der Waals surface area contributed by atoms with Gasteiger partial charge >= 0.3 is 0 Å². The molecule has 0 saturated heterocycles. The molecule has 0 saturated carbocycles. The van der Waals surface area contributed by atoms with Crippen LogP contribution in [0, 0.1) is 0 Å². The molecule has 84 valence electrons. The van der Waals surface area contributed by atoms with E-state index in [2.05, 4.69) is 5.32 Å². The van der Waals surface area contributed by atoms with Crippen molar-refractivity contribution >= 4 is 0 Å². The lowest BCUT2D eigenvalue weighted by Crippen LogP contribution is -2.23. The van der Waals surface area contributed by atoms with Crippen LogP contribution < -0.4 is 14.8 Å². The minimum absolute atomic E-state index is 0.155. The van der Waals surface area contributed by atoms with Gasteiger partial charge in [0, 0.05) is 13.1 Å². The van der Waals surface area contributed by atoms with E-state index in [4.69, 9.17) is 14.6 Å². The minimum atomic E-state index is 0.155. The topological polar surface area (TPSA) is 50.7 Å². The second kappa shape index (κ2) is 7.09. The molecular formula is C11H17NO3. The molecule has 0 atom stereocenters. The summed E-state index contributed by atoms with van der Waals surface area (Å²) in [5.74, 6) is 1.64. The molecule has 0 amide bonds. The maximum Gasteiger partial charge on any atom is 0.119 e. The molecular weight excluding hydrogens is 194 g/mol. The molecule has 0 aromatic heterocycles. The Morgan fingerprint density at radius 2 is 1.80 bits per heavy atom. The van der Waals surface area contributed by atoms with Crippen LogP contribution in [0.2, 0.25) is 0 Å². The van der Waals surface area contributed by atoms with Crippen LogP contribution in [0.15, 0.2) is 24.3 Å². The lowest BCUT2D eigenvalue weighted by atomic mass is 10.3. The summed E-state index contributed by atoms with van der Waals surface area (Å²) >= 11 is 0. The van der Waals surface area contributed by atoms with Crippen LogP contribution in [-0.4, -0.2) is 38.5 Å². The average Bonchev–Trinajstić information content (AvgIpc) is 2.30. The van der Waals surface area contributed by atoms with Crippen LogP contribution in [0.4, 0.5) is 0 Å². The van der Waals surface area contributed by atoms with Gasteiger partial charge in [-0.1, -0.05) is 0 Å². The zero-order valence-corrected chi connectivity index (χ0v) is 8.90. The van der Waals surface area contributed by atoms with Gasteiger partial charge < -0.3 is 19.9 Å². The fourth-order valence-electron chi connectivity index (χ4n) is 1.12. The van der Waals surface area contributed by atoms with Crippen LogP contribution in [0.3, 0.4) is 0 Å². The molecule has 4 nitrogen and oxygen atoms in total. The summed E-state index contributed by atoms with van der Waals surface area (Å²) in [7, 11) is 1.63. The van der Waals surface area contributed by atoms with E-state index < -0.39 is 0 Å². The molecule has 1 rings (SSSR count). The van der Waals surface area contributed by atoms with Gasteiger partial charge in [-0.3, -0.25) is 0 Å². The van der Waals surface area contributed by atoms with Crippen molar-refractivity contribution < 1.29 is 14.6 Å². The fourth-order valence-corrected chi connectivity index (χ4v) is 1.12. The van der Waals surface area contributed by atoms with Crippen LogP contribution in [0.5, 0.6) is 11.5 Å². The normalized spacial score (nSPS) is 10.0. The summed E-state index contributed by atoms with van der Waals surface area (Å²) in [6, 6.07) is 7.45. The highest BCUT2D eigenvalue weighted by atomic mass is 16.5. The Labute approximate surface area is 89.8 Å². The molecule has 0 aliphatic heterocycles. The molecule has 0 spiro atoms. The summed E-state index contributed by atoms with van der Waals surface area (Å²) < 4.78 is 10.5. The largest absolute Gasteiger partial charge is 0.497 e. The molecule has 0 bridgehead atoms. The van der Waals surface area contributed by atoms with Gasteiger partial charge in [-0.05, 0) is 24.3 Å². The van der Waals surface area contributed by atoms with E-state index in [1.807, 2.05) is 24.3 Å². The van der Waals surface area contributed by atoms with Crippen molar-refractivity contribution in [1.82, 2.24) is 5.32 Å².